The minimum Gasteiger partial charge on any atom is -0.467 e. The lowest BCUT2D eigenvalue weighted by Crippen LogP contribution is -2.71. The number of alkyl halides is 1. The normalized spacial score (nSPS) is 37.2. The van der Waals surface area contributed by atoms with Crippen molar-refractivity contribution in [3.8, 4) is 0 Å². The van der Waals surface area contributed by atoms with E-state index in [9.17, 15) is 9.59 Å². The number of nitrogens with zero attached hydrogens (tertiary/aromatic N) is 1. The number of carbonyl (C=O) groups is 2. The molecule has 0 saturated carbocycles. The molecule has 2 fully saturated rings. The predicted molar refractivity (Wildman–Crippen MR) is 71.5 cm³/mol. The summed E-state index contributed by atoms with van der Waals surface area (Å²) in [6, 6.07) is -0.561. The average Bonchev–Trinajstić information content (AvgIpc) is 2.58. The van der Waals surface area contributed by atoms with Gasteiger partial charge >= 0.3 is 5.97 Å². The van der Waals surface area contributed by atoms with Gasteiger partial charge in [0, 0.05) is 11.4 Å². The fourth-order valence-electron chi connectivity index (χ4n) is 2.57. The average molecular weight is 338 g/mol. The van der Waals surface area contributed by atoms with Gasteiger partial charge in [-0.2, -0.15) is 0 Å². The molecule has 0 aromatic rings. The van der Waals surface area contributed by atoms with Crippen molar-refractivity contribution in [3.63, 3.8) is 0 Å². The minimum absolute atomic E-state index is 0.0643. The lowest BCUT2D eigenvalue weighted by molar-refractivity contribution is -0.162. The van der Waals surface area contributed by atoms with Crippen LogP contribution in [0.4, 0.5) is 0 Å². The van der Waals surface area contributed by atoms with Crippen LogP contribution < -0.4 is 0 Å². The first kappa shape index (κ1) is 14.1. The first-order valence-corrected chi connectivity index (χ1v) is 7.35. The number of rotatable bonds is 3. The topological polar surface area (TPSA) is 66.8 Å². The second-order valence-corrected chi connectivity index (χ2v) is 8.20. The molecule has 0 aromatic carbocycles. The maximum Gasteiger partial charge on any atom is 0.330 e. The molecular formula is C11H16BrNO4S. The molecule has 0 unspecified atom stereocenters. The number of hydrogen-bond donors (Lipinski definition) is 1. The molecule has 2 aliphatic heterocycles. The van der Waals surface area contributed by atoms with Gasteiger partial charge in [0.05, 0.1) is 7.11 Å². The third kappa shape index (κ3) is 1.71. The largest absolute Gasteiger partial charge is 0.467 e. The summed E-state index contributed by atoms with van der Waals surface area (Å²) in [5.74, 6) is -0.531. The van der Waals surface area contributed by atoms with Crippen molar-refractivity contribution in [3.05, 3.63) is 0 Å². The zero-order valence-electron chi connectivity index (χ0n) is 10.5. The molecule has 2 saturated heterocycles. The molecule has 2 aliphatic rings. The predicted octanol–water partition coefficient (Wildman–Crippen LogP) is 0.738. The molecule has 0 aliphatic carbocycles. The maximum atomic E-state index is 12.2. The fraction of sp³-hybridized carbons (Fsp3) is 0.818. The van der Waals surface area contributed by atoms with Crippen LogP contribution >= 0.6 is 27.7 Å². The van der Waals surface area contributed by atoms with Crippen LogP contribution in [0.5, 0.6) is 0 Å². The van der Waals surface area contributed by atoms with Crippen LogP contribution in [0.2, 0.25) is 0 Å². The maximum absolute atomic E-state index is 12.2. The highest BCUT2D eigenvalue weighted by Gasteiger charge is 2.70. The Kier molecular flexibility index (Phi) is 3.44. The minimum atomic E-state index is -0.744. The van der Waals surface area contributed by atoms with Crippen LogP contribution in [0.1, 0.15) is 20.3 Å². The third-order valence-corrected chi connectivity index (χ3v) is 6.64. The van der Waals surface area contributed by atoms with Crippen LogP contribution in [0.15, 0.2) is 0 Å². The number of β-lactam (4-membered cyclic amide) rings is 1. The van der Waals surface area contributed by atoms with Gasteiger partial charge in [0.25, 0.3) is 0 Å². The van der Waals surface area contributed by atoms with Crippen LogP contribution in [0.3, 0.4) is 0 Å². The van der Waals surface area contributed by atoms with Gasteiger partial charge in [-0.05, 0) is 20.3 Å². The Morgan fingerprint density at radius 3 is 2.72 bits per heavy atom. The van der Waals surface area contributed by atoms with Crippen molar-refractivity contribution in [1.29, 1.82) is 0 Å². The van der Waals surface area contributed by atoms with Gasteiger partial charge in [0.1, 0.15) is 15.7 Å². The van der Waals surface area contributed by atoms with Gasteiger partial charge in [0.2, 0.25) is 5.91 Å². The third-order valence-electron chi connectivity index (χ3n) is 3.49. The van der Waals surface area contributed by atoms with E-state index in [1.54, 1.807) is 16.7 Å². The molecule has 3 atom stereocenters. The number of thioether (sulfide) groups is 1. The van der Waals surface area contributed by atoms with Crippen LogP contribution in [-0.2, 0) is 14.3 Å². The molecule has 0 bridgehead atoms. The number of carbonyl (C=O) groups excluding carboxylic acids is 2. The number of ether oxygens (including phenoxy) is 1. The highest BCUT2D eigenvalue weighted by atomic mass is 79.9. The molecule has 0 spiro atoms. The molecule has 1 amide bonds. The quantitative estimate of drug-likeness (QED) is 0.467. The highest BCUT2D eigenvalue weighted by Crippen LogP contribution is 2.58. The number of halogens is 1. The number of aliphatic hydroxyl groups is 1. The zero-order valence-corrected chi connectivity index (χ0v) is 12.9. The van der Waals surface area contributed by atoms with Gasteiger partial charge < -0.3 is 14.7 Å². The summed E-state index contributed by atoms with van der Waals surface area (Å²) >= 11 is 4.99. The van der Waals surface area contributed by atoms with Gasteiger partial charge in [-0.15, -0.1) is 11.8 Å². The Labute approximate surface area is 118 Å². The SMILES string of the molecule is COC(=O)[C@@H]1N2C(=O)[C@@](Br)(CCO)[C@H]2SC1(C)C. The second kappa shape index (κ2) is 4.38. The summed E-state index contributed by atoms with van der Waals surface area (Å²) in [6.45, 7) is 3.79. The monoisotopic (exact) mass is 337 g/mol. The van der Waals surface area contributed by atoms with Gasteiger partial charge in [-0.1, -0.05) is 15.9 Å². The van der Waals surface area contributed by atoms with E-state index in [1.165, 1.54) is 7.11 Å². The summed E-state index contributed by atoms with van der Waals surface area (Å²) in [4.78, 5) is 25.6. The smallest absolute Gasteiger partial charge is 0.330 e. The zero-order chi connectivity index (χ0) is 13.7. The first-order valence-electron chi connectivity index (χ1n) is 5.68. The van der Waals surface area contributed by atoms with Crippen molar-refractivity contribution in [2.24, 2.45) is 0 Å². The Balaban J connectivity index is 2.29. The van der Waals surface area contributed by atoms with Gasteiger partial charge in [-0.25, -0.2) is 4.79 Å². The summed E-state index contributed by atoms with van der Waals surface area (Å²) in [5, 5.41) is 8.93. The van der Waals surface area contributed by atoms with E-state index in [0.29, 0.717) is 6.42 Å². The molecule has 0 radical (unpaired) electrons. The standard InChI is InChI=1S/C11H16BrNO4S/c1-10(2)6(7(15)17-3)13-8(16)11(12,4-5-14)9(13)18-10/h6,9,14H,4-5H2,1-3H3/t6-,9+,11-/m0/s1. The summed E-state index contributed by atoms with van der Waals surface area (Å²) in [6.07, 6.45) is 0.351. The van der Waals surface area contributed by atoms with Gasteiger partial charge in [0.15, 0.2) is 0 Å². The van der Waals surface area contributed by atoms with E-state index >= 15 is 0 Å². The molecular weight excluding hydrogens is 322 g/mol. The number of esters is 1. The Hall–Kier alpha value is -0.270. The van der Waals surface area contributed by atoms with Crippen molar-refractivity contribution in [2.75, 3.05) is 13.7 Å². The molecule has 18 heavy (non-hydrogen) atoms. The molecule has 7 heteroatoms. The van der Waals surface area contributed by atoms with E-state index in [2.05, 4.69) is 15.9 Å². The number of methoxy groups -OCH3 is 1. The number of hydrogen-bond acceptors (Lipinski definition) is 5. The van der Waals surface area contributed by atoms with E-state index < -0.39 is 15.1 Å². The second-order valence-electron chi connectivity index (χ2n) is 5.05. The molecule has 102 valence electrons. The first-order chi connectivity index (χ1) is 8.29. The lowest BCUT2D eigenvalue weighted by atomic mass is 9.89. The molecule has 1 N–H and O–H groups in total. The van der Waals surface area contributed by atoms with Crippen molar-refractivity contribution in [1.82, 2.24) is 4.90 Å². The number of amides is 1. The van der Waals surface area contributed by atoms with E-state index in [4.69, 9.17) is 9.84 Å². The summed E-state index contributed by atoms with van der Waals surface area (Å²) < 4.78 is 3.65. The van der Waals surface area contributed by atoms with Crippen molar-refractivity contribution < 1.29 is 19.4 Å². The highest BCUT2D eigenvalue weighted by molar-refractivity contribution is 9.10. The lowest BCUT2D eigenvalue weighted by Gasteiger charge is -2.49. The van der Waals surface area contributed by atoms with E-state index in [1.807, 2.05) is 13.8 Å². The summed E-state index contributed by atoms with van der Waals surface area (Å²) in [7, 11) is 1.33. The fourth-order valence-corrected chi connectivity index (χ4v) is 5.11. The van der Waals surface area contributed by atoms with Crippen LogP contribution in [0, 0.1) is 0 Å². The van der Waals surface area contributed by atoms with Crippen molar-refractivity contribution in [2.45, 2.75) is 40.8 Å². The molecule has 0 aromatic heterocycles. The Morgan fingerprint density at radius 1 is 1.61 bits per heavy atom. The molecule has 2 rings (SSSR count). The van der Waals surface area contributed by atoms with Crippen LogP contribution in [-0.4, -0.2) is 56.1 Å². The van der Waals surface area contributed by atoms with E-state index in [0.717, 1.165) is 0 Å². The van der Waals surface area contributed by atoms with Crippen molar-refractivity contribution >= 4 is 39.6 Å². The van der Waals surface area contributed by atoms with E-state index in [-0.39, 0.29) is 23.9 Å². The molecule has 2 heterocycles. The van der Waals surface area contributed by atoms with Crippen LogP contribution in [0.25, 0.3) is 0 Å². The van der Waals surface area contributed by atoms with Gasteiger partial charge in [-0.3, -0.25) is 4.79 Å². The molecule has 5 nitrogen and oxygen atoms in total. The number of aliphatic hydroxyl groups excluding tert-OH is 1. The number of fused-ring (bicyclic) bond motifs is 1. The Morgan fingerprint density at radius 2 is 2.22 bits per heavy atom. The summed E-state index contributed by atoms with van der Waals surface area (Å²) in [5.41, 5.74) is 0. The Bertz CT molecular complexity index is 403.